The molecule has 0 saturated heterocycles. The van der Waals surface area contributed by atoms with Crippen LogP contribution >= 0.6 is 0 Å². The maximum Gasteiger partial charge on any atom is 0.338 e. The molecule has 3 rings (SSSR count). The highest BCUT2D eigenvalue weighted by Crippen LogP contribution is 2.36. The van der Waals surface area contributed by atoms with Crippen LogP contribution in [0.15, 0.2) is 36.4 Å². The molecular weight excluding hydrogens is 228 g/mol. The van der Waals surface area contributed by atoms with Gasteiger partial charge in [0.25, 0.3) is 0 Å². The zero-order valence-corrected chi connectivity index (χ0v) is 9.72. The Morgan fingerprint density at radius 3 is 2.72 bits per heavy atom. The maximum absolute atomic E-state index is 11.9. The van der Waals surface area contributed by atoms with Crippen molar-refractivity contribution in [1.82, 2.24) is 0 Å². The second-order valence-electron chi connectivity index (χ2n) is 4.17. The molecule has 1 N–H and O–H groups in total. The molecule has 0 radical (unpaired) electrons. The van der Waals surface area contributed by atoms with Crippen molar-refractivity contribution in [2.75, 3.05) is 13.2 Å². The van der Waals surface area contributed by atoms with E-state index in [-0.39, 0.29) is 19.2 Å². The van der Waals surface area contributed by atoms with Gasteiger partial charge in [-0.2, -0.15) is 0 Å². The minimum atomic E-state index is -0.382. The van der Waals surface area contributed by atoms with Gasteiger partial charge in [-0.1, -0.05) is 36.4 Å². The Kier molecular flexibility index (Phi) is 2.61. The summed E-state index contributed by atoms with van der Waals surface area (Å²) in [5.74, 6) is -0.382. The molecule has 0 amide bonds. The summed E-state index contributed by atoms with van der Waals surface area (Å²) in [6, 6.07) is 11.9. The quantitative estimate of drug-likeness (QED) is 0.837. The Hall–Kier alpha value is -2.13. The van der Waals surface area contributed by atoms with Crippen LogP contribution in [-0.2, 0) is 9.53 Å². The number of hydrogen-bond donors (Lipinski definition) is 1. The molecule has 90 valence electrons. The smallest absolute Gasteiger partial charge is 0.338 e. The number of esters is 1. The van der Waals surface area contributed by atoms with Gasteiger partial charge in [-0.15, -0.1) is 0 Å². The van der Waals surface area contributed by atoms with Gasteiger partial charge >= 0.3 is 5.97 Å². The van der Waals surface area contributed by atoms with E-state index in [0.717, 1.165) is 21.9 Å². The fraction of sp³-hybridized carbons (Fsp3) is 0.133. The average molecular weight is 240 g/mol. The lowest BCUT2D eigenvalue weighted by molar-refractivity contribution is -0.137. The Labute approximate surface area is 104 Å². The van der Waals surface area contributed by atoms with Gasteiger partial charge in [0.2, 0.25) is 0 Å². The van der Waals surface area contributed by atoms with Gasteiger partial charge in [-0.3, -0.25) is 0 Å². The first-order valence-electron chi connectivity index (χ1n) is 5.83. The third-order valence-electron chi connectivity index (χ3n) is 3.07. The lowest BCUT2D eigenvalue weighted by Crippen LogP contribution is -2.09. The van der Waals surface area contributed by atoms with Crippen LogP contribution < -0.4 is 0 Å². The van der Waals surface area contributed by atoms with Crippen molar-refractivity contribution in [1.29, 1.82) is 0 Å². The van der Waals surface area contributed by atoms with Crippen molar-refractivity contribution in [3.63, 3.8) is 0 Å². The lowest BCUT2D eigenvalue weighted by atomic mass is 10.0. The zero-order chi connectivity index (χ0) is 12.5. The molecule has 1 aliphatic carbocycles. The second kappa shape index (κ2) is 4.27. The van der Waals surface area contributed by atoms with Gasteiger partial charge in [0.15, 0.2) is 0 Å². The van der Waals surface area contributed by atoms with Crippen LogP contribution in [0.25, 0.3) is 22.4 Å². The maximum atomic E-state index is 11.9. The number of aliphatic hydroxyl groups is 1. The van der Waals surface area contributed by atoms with Crippen molar-refractivity contribution >= 4 is 28.4 Å². The Morgan fingerprint density at radius 2 is 1.94 bits per heavy atom. The van der Waals surface area contributed by atoms with Gasteiger partial charge < -0.3 is 9.84 Å². The van der Waals surface area contributed by atoms with E-state index < -0.39 is 0 Å². The predicted octanol–water partition coefficient (Wildman–Crippen LogP) is 2.23. The summed E-state index contributed by atoms with van der Waals surface area (Å²) >= 11 is 0. The van der Waals surface area contributed by atoms with Crippen molar-refractivity contribution < 1.29 is 14.6 Å². The van der Waals surface area contributed by atoms with Crippen LogP contribution in [0.5, 0.6) is 0 Å². The van der Waals surface area contributed by atoms with E-state index in [0.29, 0.717) is 5.57 Å². The first-order valence-corrected chi connectivity index (χ1v) is 5.83. The molecular formula is C15H12O3. The number of benzene rings is 2. The van der Waals surface area contributed by atoms with Crippen LogP contribution in [0.1, 0.15) is 11.1 Å². The molecule has 0 spiro atoms. The normalized spacial score (nSPS) is 12.6. The summed E-state index contributed by atoms with van der Waals surface area (Å²) in [5, 5.41) is 10.9. The van der Waals surface area contributed by atoms with Crippen LogP contribution in [0.2, 0.25) is 0 Å². The molecule has 2 aromatic carbocycles. The molecule has 0 unspecified atom stereocenters. The monoisotopic (exact) mass is 240 g/mol. The van der Waals surface area contributed by atoms with E-state index >= 15 is 0 Å². The number of carbonyl (C=O) groups excluding carboxylic acids is 1. The van der Waals surface area contributed by atoms with E-state index in [4.69, 9.17) is 9.84 Å². The summed E-state index contributed by atoms with van der Waals surface area (Å²) in [6.45, 7) is -0.126. The zero-order valence-electron chi connectivity index (χ0n) is 9.72. The third-order valence-corrected chi connectivity index (χ3v) is 3.07. The highest BCUT2D eigenvalue weighted by molar-refractivity contribution is 6.29. The van der Waals surface area contributed by atoms with E-state index in [9.17, 15) is 4.79 Å². The molecule has 0 saturated carbocycles. The number of hydrogen-bond acceptors (Lipinski definition) is 3. The fourth-order valence-corrected chi connectivity index (χ4v) is 2.33. The number of aliphatic hydroxyl groups excluding tert-OH is 1. The molecule has 3 nitrogen and oxygen atoms in total. The highest BCUT2D eigenvalue weighted by atomic mass is 16.5. The van der Waals surface area contributed by atoms with Crippen LogP contribution in [0.3, 0.4) is 0 Å². The summed E-state index contributed by atoms with van der Waals surface area (Å²) < 4.78 is 4.98. The molecule has 1 aliphatic rings. The third kappa shape index (κ3) is 1.60. The Balaban J connectivity index is 2.07. The largest absolute Gasteiger partial charge is 0.460 e. The molecule has 2 aromatic rings. The van der Waals surface area contributed by atoms with E-state index in [1.54, 1.807) is 0 Å². The summed E-state index contributed by atoms with van der Waals surface area (Å²) in [5.41, 5.74) is 2.51. The molecule has 0 heterocycles. The Bertz CT molecular complexity index is 651. The highest BCUT2D eigenvalue weighted by Gasteiger charge is 2.22. The van der Waals surface area contributed by atoms with Crippen molar-refractivity contribution in [2.24, 2.45) is 0 Å². The summed E-state index contributed by atoms with van der Waals surface area (Å²) in [4.78, 5) is 11.9. The van der Waals surface area contributed by atoms with Crippen molar-refractivity contribution in [3.8, 4) is 0 Å². The molecule has 3 heteroatoms. The standard InChI is InChI=1S/C15H12O3/c16-7-8-18-15(17)13-9-11-5-1-3-10-4-2-6-12(13)14(10)11/h1-6,9,16H,7-8H2. The average Bonchev–Trinajstić information content (AvgIpc) is 2.78. The number of carbonyl (C=O) groups is 1. The van der Waals surface area contributed by atoms with Crippen molar-refractivity contribution in [3.05, 3.63) is 47.5 Å². The topological polar surface area (TPSA) is 46.5 Å². The Morgan fingerprint density at radius 1 is 1.17 bits per heavy atom. The lowest BCUT2D eigenvalue weighted by Gasteiger charge is -2.05. The minimum absolute atomic E-state index is 0.0303. The van der Waals surface area contributed by atoms with E-state index in [1.807, 2.05) is 42.5 Å². The molecule has 0 aromatic heterocycles. The van der Waals surface area contributed by atoms with Gasteiger partial charge in [0.05, 0.1) is 12.2 Å². The first-order chi connectivity index (χ1) is 8.81. The number of ether oxygens (including phenoxy) is 1. The van der Waals surface area contributed by atoms with E-state index in [2.05, 4.69) is 0 Å². The van der Waals surface area contributed by atoms with Crippen LogP contribution in [-0.4, -0.2) is 24.3 Å². The molecule has 0 bridgehead atoms. The molecule has 18 heavy (non-hydrogen) atoms. The van der Waals surface area contributed by atoms with Crippen LogP contribution in [0, 0.1) is 0 Å². The summed E-state index contributed by atoms with van der Waals surface area (Å²) in [7, 11) is 0. The van der Waals surface area contributed by atoms with E-state index in [1.165, 1.54) is 0 Å². The fourth-order valence-electron chi connectivity index (χ4n) is 2.33. The second-order valence-corrected chi connectivity index (χ2v) is 4.17. The molecule has 0 atom stereocenters. The van der Waals surface area contributed by atoms with Crippen molar-refractivity contribution in [2.45, 2.75) is 0 Å². The van der Waals surface area contributed by atoms with Crippen LogP contribution in [0.4, 0.5) is 0 Å². The SMILES string of the molecule is O=C(OCCO)C1=Cc2cccc3cccc1c23. The first kappa shape index (κ1) is 11.0. The van der Waals surface area contributed by atoms with Gasteiger partial charge in [0.1, 0.15) is 6.61 Å². The summed E-state index contributed by atoms with van der Waals surface area (Å²) in [6.07, 6.45) is 1.84. The predicted molar refractivity (Wildman–Crippen MR) is 69.9 cm³/mol. The molecule has 0 aliphatic heterocycles. The van der Waals surface area contributed by atoms with Gasteiger partial charge in [0, 0.05) is 0 Å². The van der Waals surface area contributed by atoms with Gasteiger partial charge in [-0.25, -0.2) is 4.79 Å². The minimum Gasteiger partial charge on any atom is -0.460 e. The van der Waals surface area contributed by atoms with Gasteiger partial charge in [-0.05, 0) is 28.0 Å². The number of rotatable bonds is 3. The molecule has 0 fully saturated rings.